The van der Waals surface area contributed by atoms with E-state index in [1.54, 1.807) is 7.05 Å². The lowest BCUT2D eigenvalue weighted by molar-refractivity contribution is -0.257. The van der Waals surface area contributed by atoms with Crippen LogP contribution in [-0.2, 0) is 19.0 Å². The second-order valence-electron chi connectivity index (χ2n) is 7.61. The van der Waals surface area contributed by atoms with Crippen LogP contribution in [-0.4, -0.2) is 91.5 Å². The van der Waals surface area contributed by atoms with E-state index < -0.39 is 36.7 Å². The number of amides is 1. The summed E-state index contributed by atoms with van der Waals surface area (Å²) >= 11 is 0. The van der Waals surface area contributed by atoms with Crippen molar-refractivity contribution in [1.82, 2.24) is 4.90 Å². The summed E-state index contributed by atoms with van der Waals surface area (Å²) in [6.45, 7) is 1.70. The monoisotopic (exact) mass is 389 g/mol. The Balaban J connectivity index is 2.16. The largest absolute Gasteiger partial charge is 0.388 e. The van der Waals surface area contributed by atoms with E-state index >= 15 is 0 Å². The Kier molecular flexibility index (Phi) is 7.95. The average molecular weight is 389 g/mol. The van der Waals surface area contributed by atoms with E-state index in [0.29, 0.717) is 12.8 Å². The summed E-state index contributed by atoms with van der Waals surface area (Å²) in [6, 6.07) is -1.65. The molecular formula is C17H35N5O5. The number of aliphatic hydroxyl groups excluding tert-OH is 1. The summed E-state index contributed by atoms with van der Waals surface area (Å²) < 4.78 is 17.4. The molecule has 2 fully saturated rings. The van der Waals surface area contributed by atoms with Gasteiger partial charge in [-0.1, -0.05) is 0 Å². The van der Waals surface area contributed by atoms with E-state index in [9.17, 15) is 9.90 Å². The molecule has 10 heteroatoms. The molecule has 0 aromatic heterocycles. The van der Waals surface area contributed by atoms with Crippen molar-refractivity contribution in [1.29, 1.82) is 0 Å². The van der Waals surface area contributed by atoms with Crippen LogP contribution in [0.4, 0.5) is 0 Å². The summed E-state index contributed by atoms with van der Waals surface area (Å²) in [5.41, 5.74) is 23.8. The molecule has 1 aliphatic carbocycles. The first kappa shape index (κ1) is 22.4. The van der Waals surface area contributed by atoms with Crippen LogP contribution >= 0.6 is 0 Å². The lowest BCUT2D eigenvalue weighted by Crippen LogP contribution is -2.67. The number of likely N-dealkylation sites (N-methyl/N-ethyl adjacent to an activating group) is 1. The SMILES string of the molecule is CO[C@H]1C[C@@H](N)[C@@H](O[C@H]2O[C@H](C(C)N)CC[C@H]2N)[C@H](O)[C@@H]1N(C)C(=O)CN. The number of nitrogens with two attached hydrogens (primary N) is 4. The van der Waals surface area contributed by atoms with Crippen LogP contribution in [0.1, 0.15) is 26.2 Å². The highest BCUT2D eigenvalue weighted by Crippen LogP contribution is 2.30. The maximum Gasteiger partial charge on any atom is 0.236 e. The Morgan fingerprint density at radius 2 is 2.00 bits per heavy atom. The molecule has 1 unspecified atom stereocenters. The minimum atomic E-state index is -1.08. The molecule has 2 aliphatic rings. The van der Waals surface area contributed by atoms with E-state index in [1.807, 2.05) is 6.92 Å². The van der Waals surface area contributed by atoms with E-state index in [1.165, 1.54) is 12.0 Å². The number of aliphatic hydroxyl groups is 1. The zero-order valence-electron chi connectivity index (χ0n) is 16.4. The first-order valence-electron chi connectivity index (χ1n) is 9.45. The predicted octanol–water partition coefficient (Wildman–Crippen LogP) is -2.56. The fourth-order valence-electron chi connectivity index (χ4n) is 3.92. The molecular weight excluding hydrogens is 354 g/mol. The molecule has 158 valence electrons. The molecule has 9 N–H and O–H groups in total. The van der Waals surface area contributed by atoms with Gasteiger partial charge in [-0.25, -0.2) is 0 Å². The lowest BCUT2D eigenvalue weighted by Gasteiger charge is -2.48. The third kappa shape index (κ3) is 4.96. The van der Waals surface area contributed by atoms with Gasteiger partial charge in [0.15, 0.2) is 6.29 Å². The molecule has 10 nitrogen and oxygen atoms in total. The van der Waals surface area contributed by atoms with Crippen LogP contribution < -0.4 is 22.9 Å². The predicted molar refractivity (Wildman–Crippen MR) is 99.4 cm³/mol. The van der Waals surface area contributed by atoms with Gasteiger partial charge >= 0.3 is 0 Å². The van der Waals surface area contributed by atoms with Crippen LogP contribution in [0.2, 0.25) is 0 Å². The molecule has 1 saturated heterocycles. The van der Waals surface area contributed by atoms with Gasteiger partial charge in [0.05, 0.1) is 30.8 Å². The van der Waals surface area contributed by atoms with Crippen LogP contribution in [0.25, 0.3) is 0 Å². The van der Waals surface area contributed by atoms with Gasteiger partial charge in [-0.05, 0) is 26.2 Å². The van der Waals surface area contributed by atoms with Crippen molar-refractivity contribution in [3.05, 3.63) is 0 Å². The summed E-state index contributed by atoms with van der Waals surface area (Å²) in [5, 5.41) is 11.0. The summed E-state index contributed by atoms with van der Waals surface area (Å²) in [6.07, 6.45) is -1.32. The Labute approximate surface area is 160 Å². The molecule has 0 aromatic carbocycles. The highest BCUT2D eigenvalue weighted by atomic mass is 16.7. The van der Waals surface area contributed by atoms with Crippen molar-refractivity contribution in [2.45, 2.75) is 81.1 Å². The van der Waals surface area contributed by atoms with Crippen LogP contribution in [0, 0.1) is 0 Å². The molecule has 27 heavy (non-hydrogen) atoms. The zero-order chi connectivity index (χ0) is 20.3. The number of hydrogen-bond acceptors (Lipinski definition) is 9. The number of hydrogen-bond donors (Lipinski definition) is 5. The topological polar surface area (TPSA) is 172 Å². The van der Waals surface area contributed by atoms with Crippen LogP contribution in [0.3, 0.4) is 0 Å². The van der Waals surface area contributed by atoms with Gasteiger partial charge in [-0.3, -0.25) is 4.79 Å². The van der Waals surface area contributed by atoms with E-state index in [0.717, 1.165) is 6.42 Å². The Morgan fingerprint density at radius 1 is 1.33 bits per heavy atom. The van der Waals surface area contributed by atoms with Gasteiger partial charge in [0.25, 0.3) is 0 Å². The number of nitrogens with zero attached hydrogens (tertiary/aromatic N) is 1. The van der Waals surface area contributed by atoms with Crippen molar-refractivity contribution in [3.8, 4) is 0 Å². The van der Waals surface area contributed by atoms with Crippen molar-refractivity contribution >= 4 is 5.91 Å². The Bertz CT molecular complexity index is 496. The number of ether oxygens (including phenoxy) is 3. The first-order valence-corrected chi connectivity index (χ1v) is 9.45. The standard InChI is InChI=1S/C17H35N5O5/c1-8(19)11-5-4-9(20)17(26-11)27-16-10(21)6-12(25-3)14(15(16)24)22(2)13(23)7-18/h8-12,14-17,24H,4-7,18-21H2,1-3H3/t8?,9-,10-,11+,12+,14-,15-,16-,17-/m1/s1. The molecule has 2 rings (SSSR count). The highest BCUT2D eigenvalue weighted by Gasteiger charge is 2.48. The van der Waals surface area contributed by atoms with Gasteiger partial charge in [0.2, 0.25) is 5.91 Å². The van der Waals surface area contributed by atoms with Crippen molar-refractivity contribution in [2.24, 2.45) is 22.9 Å². The minimum absolute atomic E-state index is 0.160. The summed E-state index contributed by atoms with van der Waals surface area (Å²) in [5.74, 6) is -0.307. The van der Waals surface area contributed by atoms with Gasteiger partial charge in [0.1, 0.15) is 12.2 Å². The smallest absolute Gasteiger partial charge is 0.236 e. The fraction of sp³-hybridized carbons (Fsp3) is 0.941. The third-order valence-corrected chi connectivity index (χ3v) is 5.63. The number of carbonyl (C=O) groups is 1. The third-order valence-electron chi connectivity index (χ3n) is 5.63. The van der Waals surface area contributed by atoms with Crippen molar-refractivity contribution in [3.63, 3.8) is 0 Å². The first-order chi connectivity index (χ1) is 12.7. The molecule has 1 aliphatic heterocycles. The molecule has 1 amide bonds. The number of methoxy groups -OCH3 is 1. The maximum absolute atomic E-state index is 12.1. The molecule has 1 saturated carbocycles. The minimum Gasteiger partial charge on any atom is -0.388 e. The molecule has 0 aromatic rings. The summed E-state index contributed by atoms with van der Waals surface area (Å²) in [7, 11) is 3.10. The van der Waals surface area contributed by atoms with Gasteiger partial charge in [-0.2, -0.15) is 0 Å². The quantitative estimate of drug-likeness (QED) is 0.327. The van der Waals surface area contributed by atoms with Gasteiger partial charge in [0, 0.05) is 26.2 Å². The molecule has 0 bridgehead atoms. The van der Waals surface area contributed by atoms with E-state index in [4.69, 9.17) is 37.1 Å². The second-order valence-corrected chi connectivity index (χ2v) is 7.61. The van der Waals surface area contributed by atoms with Gasteiger partial charge in [-0.15, -0.1) is 0 Å². The van der Waals surface area contributed by atoms with Gasteiger partial charge < -0.3 is 47.2 Å². The average Bonchev–Trinajstić information content (AvgIpc) is 2.64. The van der Waals surface area contributed by atoms with Crippen molar-refractivity contribution < 1.29 is 24.1 Å². The Morgan fingerprint density at radius 3 is 2.56 bits per heavy atom. The normalized spacial score (nSPS) is 41.2. The van der Waals surface area contributed by atoms with Crippen molar-refractivity contribution in [2.75, 3.05) is 20.7 Å². The fourth-order valence-corrected chi connectivity index (χ4v) is 3.92. The van der Waals surface area contributed by atoms with Crippen LogP contribution in [0.5, 0.6) is 0 Å². The lowest BCUT2D eigenvalue weighted by atomic mass is 9.83. The summed E-state index contributed by atoms with van der Waals surface area (Å²) in [4.78, 5) is 13.5. The number of carbonyl (C=O) groups excluding carboxylic acids is 1. The second kappa shape index (κ2) is 9.57. The maximum atomic E-state index is 12.1. The van der Waals surface area contributed by atoms with E-state index in [2.05, 4.69) is 0 Å². The van der Waals surface area contributed by atoms with E-state index in [-0.39, 0.29) is 30.6 Å². The Hall–Kier alpha value is -0.850. The molecule has 0 radical (unpaired) electrons. The number of rotatable bonds is 6. The highest BCUT2D eigenvalue weighted by molar-refractivity contribution is 5.78. The zero-order valence-corrected chi connectivity index (χ0v) is 16.4. The van der Waals surface area contributed by atoms with Crippen LogP contribution in [0.15, 0.2) is 0 Å². The molecule has 0 spiro atoms. The molecule has 9 atom stereocenters. The molecule has 1 heterocycles.